The first kappa shape index (κ1) is 20.7. The molecule has 1 aliphatic heterocycles. The number of Topliss-reactive ketones (excluding diaryl/α,β-unsaturated/α-hetero) is 1. The number of pyridine rings is 1. The largest absolute Gasteiger partial charge is 0.507 e. The van der Waals surface area contributed by atoms with Gasteiger partial charge in [0.15, 0.2) is 0 Å². The molecule has 6 heteroatoms. The average Bonchev–Trinajstić information content (AvgIpc) is 2.94. The monoisotopic (exact) mass is 393 g/mol. The van der Waals surface area contributed by atoms with Crippen molar-refractivity contribution >= 4 is 17.4 Å². The van der Waals surface area contributed by atoms with Crippen LogP contribution >= 0.6 is 0 Å². The fraction of sp³-hybridized carbons (Fsp3) is 0.348. The third-order valence-corrected chi connectivity index (χ3v) is 5.19. The van der Waals surface area contributed by atoms with Crippen LogP contribution in [0.25, 0.3) is 5.76 Å². The summed E-state index contributed by atoms with van der Waals surface area (Å²) < 4.78 is 0. The number of likely N-dealkylation sites (tertiary alicyclic amines) is 1. The molecule has 1 aromatic heterocycles. The van der Waals surface area contributed by atoms with Crippen molar-refractivity contribution in [3.63, 3.8) is 0 Å². The molecule has 29 heavy (non-hydrogen) atoms. The lowest BCUT2D eigenvalue weighted by molar-refractivity contribution is -0.139. The van der Waals surface area contributed by atoms with E-state index >= 15 is 0 Å². The molecule has 0 bridgehead atoms. The highest BCUT2D eigenvalue weighted by molar-refractivity contribution is 6.46. The van der Waals surface area contributed by atoms with E-state index in [4.69, 9.17) is 0 Å². The van der Waals surface area contributed by atoms with Crippen LogP contribution in [0.1, 0.15) is 34.7 Å². The van der Waals surface area contributed by atoms with E-state index in [1.165, 1.54) is 0 Å². The van der Waals surface area contributed by atoms with Gasteiger partial charge in [0.1, 0.15) is 5.76 Å². The van der Waals surface area contributed by atoms with Gasteiger partial charge in [-0.15, -0.1) is 0 Å². The second-order valence-corrected chi connectivity index (χ2v) is 7.75. The summed E-state index contributed by atoms with van der Waals surface area (Å²) in [6.07, 6.45) is 4.01. The van der Waals surface area contributed by atoms with Gasteiger partial charge in [-0.05, 0) is 64.2 Å². The molecule has 2 aromatic rings. The first-order valence-electron chi connectivity index (χ1n) is 9.72. The van der Waals surface area contributed by atoms with Crippen LogP contribution in [-0.4, -0.2) is 58.8 Å². The summed E-state index contributed by atoms with van der Waals surface area (Å²) in [6.45, 7) is 5.01. The predicted molar refractivity (Wildman–Crippen MR) is 112 cm³/mol. The minimum Gasteiger partial charge on any atom is -0.507 e. The number of aliphatic hydroxyl groups excluding tert-OH is 1. The third kappa shape index (κ3) is 4.22. The van der Waals surface area contributed by atoms with Crippen molar-refractivity contribution in [2.24, 2.45) is 0 Å². The fourth-order valence-corrected chi connectivity index (χ4v) is 3.69. The molecule has 0 aliphatic carbocycles. The Morgan fingerprint density at radius 3 is 2.62 bits per heavy atom. The smallest absolute Gasteiger partial charge is 0.295 e. The number of ketones is 1. The summed E-state index contributed by atoms with van der Waals surface area (Å²) in [5, 5.41) is 11.1. The molecule has 1 N–H and O–H groups in total. The van der Waals surface area contributed by atoms with Gasteiger partial charge >= 0.3 is 0 Å². The Morgan fingerprint density at radius 2 is 1.97 bits per heavy atom. The fourth-order valence-electron chi connectivity index (χ4n) is 3.69. The van der Waals surface area contributed by atoms with E-state index < -0.39 is 17.7 Å². The second-order valence-electron chi connectivity index (χ2n) is 7.75. The molecular formula is C23H27N3O3. The van der Waals surface area contributed by atoms with Crippen LogP contribution in [-0.2, 0) is 9.59 Å². The zero-order valence-corrected chi connectivity index (χ0v) is 17.3. The minimum absolute atomic E-state index is 0.126. The zero-order valence-electron chi connectivity index (χ0n) is 17.3. The van der Waals surface area contributed by atoms with Crippen molar-refractivity contribution in [1.82, 2.24) is 14.8 Å². The lowest BCUT2D eigenvalue weighted by atomic mass is 9.94. The van der Waals surface area contributed by atoms with Crippen molar-refractivity contribution in [3.05, 3.63) is 70.6 Å². The number of aromatic nitrogens is 1. The van der Waals surface area contributed by atoms with Crippen LogP contribution < -0.4 is 0 Å². The van der Waals surface area contributed by atoms with Crippen molar-refractivity contribution in [3.8, 4) is 0 Å². The van der Waals surface area contributed by atoms with Gasteiger partial charge in [0.05, 0.1) is 11.6 Å². The van der Waals surface area contributed by atoms with Crippen LogP contribution in [0.5, 0.6) is 0 Å². The minimum atomic E-state index is -0.651. The molecule has 1 saturated heterocycles. The zero-order chi connectivity index (χ0) is 21.1. The topological polar surface area (TPSA) is 73.7 Å². The maximum absolute atomic E-state index is 13.0. The summed E-state index contributed by atoms with van der Waals surface area (Å²) in [4.78, 5) is 33.6. The number of hydrogen-bond donors (Lipinski definition) is 1. The summed E-state index contributed by atoms with van der Waals surface area (Å²) >= 11 is 0. The van der Waals surface area contributed by atoms with Gasteiger partial charge in [0, 0.05) is 24.5 Å². The van der Waals surface area contributed by atoms with Gasteiger partial charge < -0.3 is 14.9 Å². The molecule has 0 saturated carbocycles. The highest BCUT2D eigenvalue weighted by Gasteiger charge is 2.46. The molecule has 1 amide bonds. The van der Waals surface area contributed by atoms with Gasteiger partial charge in [-0.25, -0.2) is 0 Å². The Labute approximate surface area is 171 Å². The number of hydrogen-bond acceptors (Lipinski definition) is 5. The average molecular weight is 393 g/mol. The molecule has 1 aromatic carbocycles. The number of nitrogens with zero attached hydrogens (tertiary/aromatic N) is 3. The molecule has 1 atom stereocenters. The van der Waals surface area contributed by atoms with Gasteiger partial charge in [-0.2, -0.15) is 0 Å². The number of rotatable bonds is 6. The van der Waals surface area contributed by atoms with Crippen LogP contribution in [0.15, 0.2) is 48.3 Å². The van der Waals surface area contributed by atoms with Crippen LogP contribution in [0.3, 0.4) is 0 Å². The summed E-state index contributed by atoms with van der Waals surface area (Å²) in [5.41, 5.74) is 3.22. The molecule has 1 aliphatic rings. The highest BCUT2D eigenvalue weighted by atomic mass is 16.3. The molecule has 152 valence electrons. The lowest BCUT2D eigenvalue weighted by Crippen LogP contribution is -2.32. The first-order valence-corrected chi connectivity index (χ1v) is 9.72. The number of amides is 1. The maximum atomic E-state index is 13.0. The molecule has 3 rings (SSSR count). The Kier molecular flexibility index (Phi) is 6.13. The van der Waals surface area contributed by atoms with Gasteiger partial charge in [0.2, 0.25) is 0 Å². The quantitative estimate of drug-likeness (QED) is 0.464. The van der Waals surface area contributed by atoms with Crippen LogP contribution in [0, 0.1) is 13.8 Å². The van der Waals surface area contributed by atoms with E-state index in [0.29, 0.717) is 17.7 Å². The number of benzene rings is 1. The van der Waals surface area contributed by atoms with E-state index in [2.05, 4.69) is 4.98 Å². The maximum Gasteiger partial charge on any atom is 0.295 e. The van der Waals surface area contributed by atoms with E-state index in [1.54, 1.807) is 23.4 Å². The lowest BCUT2D eigenvalue weighted by Gasteiger charge is -2.25. The van der Waals surface area contributed by atoms with E-state index in [0.717, 1.165) is 24.1 Å². The Hall–Kier alpha value is -2.99. The third-order valence-electron chi connectivity index (χ3n) is 5.19. The Balaban J connectivity index is 2.12. The van der Waals surface area contributed by atoms with Crippen molar-refractivity contribution in [2.75, 3.05) is 27.2 Å². The number of aryl methyl sites for hydroxylation is 2. The Bertz CT molecular complexity index is 951. The van der Waals surface area contributed by atoms with E-state index in [1.807, 2.05) is 57.1 Å². The molecule has 0 radical (unpaired) electrons. The second kappa shape index (κ2) is 8.57. The first-order chi connectivity index (χ1) is 13.8. The van der Waals surface area contributed by atoms with Crippen molar-refractivity contribution in [1.29, 1.82) is 0 Å². The molecule has 2 heterocycles. The van der Waals surface area contributed by atoms with Crippen molar-refractivity contribution < 1.29 is 14.7 Å². The number of carbonyl (C=O) groups excluding carboxylic acids is 2. The van der Waals surface area contributed by atoms with E-state index in [9.17, 15) is 14.7 Å². The summed E-state index contributed by atoms with van der Waals surface area (Å²) in [6, 6.07) is 8.64. The Morgan fingerprint density at radius 1 is 1.21 bits per heavy atom. The molecular weight excluding hydrogens is 366 g/mol. The molecule has 6 nitrogen and oxygen atoms in total. The van der Waals surface area contributed by atoms with Crippen LogP contribution in [0.4, 0.5) is 0 Å². The molecule has 0 spiro atoms. The van der Waals surface area contributed by atoms with Gasteiger partial charge in [-0.1, -0.05) is 23.8 Å². The number of carbonyl (C=O) groups is 2. The normalized spacial score (nSPS) is 18.7. The van der Waals surface area contributed by atoms with E-state index in [-0.39, 0.29) is 11.3 Å². The van der Waals surface area contributed by atoms with Gasteiger partial charge in [0.25, 0.3) is 11.7 Å². The summed E-state index contributed by atoms with van der Waals surface area (Å²) in [7, 11) is 3.93. The standard InChI is InChI=1S/C23H27N3O3/c1-15-8-9-16(2)18(13-15)21(27)19-20(17-7-5-10-24-14-17)26(23(29)22(19)28)12-6-11-25(3)4/h5,7-10,13-14,20,27H,6,11-12H2,1-4H3/t20-/m1/s1. The molecule has 1 fully saturated rings. The predicted octanol–water partition coefficient (Wildman–Crippen LogP) is 3.07. The van der Waals surface area contributed by atoms with Crippen molar-refractivity contribution in [2.45, 2.75) is 26.3 Å². The summed E-state index contributed by atoms with van der Waals surface area (Å²) in [5.74, 6) is -1.36. The van der Waals surface area contributed by atoms with Crippen LogP contribution in [0.2, 0.25) is 0 Å². The molecule has 0 unspecified atom stereocenters. The number of aliphatic hydroxyl groups is 1. The highest BCUT2D eigenvalue weighted by Crippen LogP contribution is 2.39. The SMILES string of the molecule is Cc1ccc(C)c(C(O)=C2C(=O)C(=O)N(CCCN(C)C)[C@@H]2c2cccnc2)c1. The van der Waals surface area contributed by atoms with Gasteiger partial charge in [-0.3, -0.25) is 14.6 Å².